The second-order valence-electron chi connectivity index (χ2n) is 2.61. The molecule has 1 amide bonds. The molecule has 0 bridgehead atoms. The van der Waals surface area contributed by atoms with Crippen molar-refractivity contribution in [2.75, 3.05) is 11.9 Å². The molecule has 0 heterocycles. The van der Waals surface area contributed by atoms with Crippen molar-refractivity contribution in [2.24, 2.45) is 0 Å². The second-order valence-corrected chi connectivity index (χ2v) is 2.61. The van der Waals surface area contributed by atoms with Crippen molar-refractivity contribution >= 4 is 17.9 Å². The van der Waals surface area contributed by atoms with Crippen molar-refractivity contribution in [3.63, 3.8) is 0 Å². The number of halogens is 2. The van der Waals surface area contributed by atoms with Gasteiger partial charge in [0.05, 0.1) is 5.69 Å². The van der Waals surface area contributed by atoms with Gasteiger partial charge in [-0.3, -0.25) is 9.59 Å². The van der Waals surface area contributed by atoms with Crippen LogP contribution in [0.25, 0.3) is 0 Å². The predicted molar refractivity (Wildman–Crippen MR) is 45.8 cm³/mol. The molecule has 0 spiro atoms. The average molecular weight is 199 g/mol. The lowest BCUT2D eigenvalue weighted by Crippen LogP contribution is -2.27. The summed E-state index contributed by atoms with van der Waals surface area (Å²) in [6.07, 6.45) is 0.0321. The fourth-order valence-electron chi connectivity index (χ4n) is 0.941. The molecule has 0 aromatic heterocycles. The van der Waals surface area contributed by atoms with Crippen LogP contribution in [0.5, 0.6) is 0 Å². The first-order chi connectivity index (χ1) is 6.56. The number of nitrogens with zero attached hydrogens (tertiary/aromatic N) is 1. The molecule has 0 atom stereocenters. The van der Waals surface area contributed by atoms with Gasteiger partial charge in [0.25, 0.3) is 5.91 Å². The van der Waals surface area contributed by atoms with E-state index in [0.717, 1.165) is 23.1 Å². The van der Waals surface area contributed by atoms with E-state index in [1.165, 1.54) is 7.05 Å². The minimum atomic E-state index is -0.936. The molecule has 0 N–H and O–H groups in total. The van der Waals surface area contributed by atoms with Gasteiger partial charge >= 0.3 is 0 Å². The summed E-state index contributed by atoms with van der Waals surface area (Å²) < 4.78 is 25.7. The topological polar surface area (TPSA) is 37.4 Å². The Morgan fingerprint density at radius 2 is 2.07 bits per heavy atom. The first-order valence-electron chi connectivity index (χ1n) is 3.74. The predicted octanol–water partition coefficient (Wildman–Crippen LogP) is 1.13. The Kier molecular flexibility index (Phi) is 2.91. The van der Waals surface area contributed by atoms with Crippen molar-refractivity contribution in [1.29, 1.82) is 0 Å². The first-order valence-corrected chi connectivity index (χ1v) is 3.74. The summed E-state index contributed by atoms with van der Waals surface area (Å²) >= 11 is 0. The van der Waals surface area contributed by atoms with Gasteiger partial charge in [-0.15, -0.1) is 0 Å². The van der Waals surface area contributed by atoms with E-state index < -0.39 is 17.5 Å². The number of amides is 1. The lowest BCUT2D eigenvalue weighted by atomic mass is 10.2. The third-order valence-corrected chi connectivity index (χ3v) is 1.70. The molecule has 0 unspecified atom stereocenters. The second kappa shape index (κ2) is 3.95. The first kappa shape index (κ1) is 10.3. The summed E-state index contributed by atoms with van der Waals surface area (Å²) in [6.45, 7) is 0. The zero-order chi connectivity index (χ0) is 10.7. The highest BCUT2D eigenvalue weighted by Crippen LogP contribution is 2.18. The van der Waals surface area contributed by atoms with Gasteiger partial charge in [-0.2, -0.15) is 0 Å². The Hall–Kier alpha value is -1.78. The highest BCUT2D eigenvalue weighted by Gasteiger charge is 2.14. The van der Waals surface area contributed by atoms with Crippen molar-refractivity contribution in [3.05, 3.63) is 29.8 Å². The monoisotopic (exact) mass is 199 g/mol. The lowest BCUT2D eigenvalue weighted by molar-refractivity contribution is -0.129. The summed E-state index contributed by atoms with van der Waals surface area (Å²) in [5.74, 6) is -2.37. The summed E-state index contributed by atoms with van der Waals surface area (Å²) in [7, 11) is 1.19. The van der Waals surface area contributed by atoms with E-state index in [1.807, 2.05) is 0 Å². The molecule has 74 valence electrons. The minimum absolute atomic E-state index is 0.0321. The van der Waals surface area contributed by atoms with Gasteiger partial charge in [0.1, 0.15) is 11.6 Å². The molecule has 1 rings (SSSR count). The van der Waals surface area contributed by atoms with Gasteiger partial charge in [-0.05, 0) is 12.1 Å². The van der Waals surface area contributed by atoms with Crippen LogP contribution in [0.15, 0.2) is 18.2 Å². The van der Waals surface area contributed by atoms with Crippen molar-refractivity contribution < 1.29 is 18.4 Å². The molecule has 14 heavy (non-hydrogen) atoms. The molecule has 0 aliphatic rings. The average Bonchev–Trinajstić information content (AvgIpc) is 2.19. The summed E-state index contributed by atoms with van der Waals surface area (Å²) in [5.41, 5.74) is -0.262. The molecule has 0 saturated carbocycles. The highest BCUT2D eigenvalue weighted by molar-refractivity contribution is 6.30. The molecule has 1 aromatic carbocycles. The normalized spacial score (nSPS) is 9.64. The molecule has 3 nitrogen and oxygen atoms in total. The molecular weight excluding hydrogens is 192 g/mol. The summed E-state index contributed by atoms with van der Waals surface area (Å²) in [4.78, 5) is 21.7. The van der Waals surface area contributed by atoms with Crippen LogP contribution in [0.3, 0.4) is 0 Å². The van der Waals surface area contributed by atoms with E-state index in [-0.39, 0.29) is 12.0 Å². The number of benzene rings is 1. The van der Waals surface area contributed by atoms with E-state index in [4.69, 9.17) is 0 Å². The minimum Gasteiger partial charge on any atom is -0.306 e. The Balaban J connectivity index is 3.11. The summed E-state index contributed by atoms with van der Waals surface area (Å²) in [6, 6.07) is 2.66. The summed E-state index contributed by atoms with van der Waals surface area (Å²) in [5, 5.41) is 0. The van der Waals surface area contributed by atoms with E-state index in [9.17, 15) is 18.4 Å². The maximum atomic E-state index is 13.0. The molecule has 0 aliphatic carbocycles. The Labute approximate surface area is 78.9 Å². The fraction of sp³-hybridized carbons (Fsp3) is 0.111. The quantitative estimate of drug-likeness (QED) is 0.528. The molecule has 0 aliphatic heterocycles. The SMILES string of the molecule is CN(C(=O)C=O)c1cc(F)ccc1F. The fourth-order valence-corrected chi connectivity index (χ4v) is 0.941. The highest BCUT2D eigenvalue weighted by atomic mass is 19.1. The van der Waals surface area contributed by atoms with Gasteiger partial charge in [-0.1, -0.05) is 0 Å². The standard InChI is InChI=1S/C9H7F2NO2/c1-12(9(14)5-13)8-4-6(10)2-3-7(8)11/h2-5H,1H3. The molecule has 1 aromatic rings. The third-order valence-electron chi connectivity index (χ3n) is 1.70. The number of likely N-dealkylation sites (N-methyl/N-ethyl adjacent to an activating group) is 1. The Morgan fingerprint density at radius 1 is 1.43 bits per heavy atom. The van der Waals surface area contributed by atoms with Crippen molar-refractivity contribution in [2.45, 2.75) is 0 Å². The number of carbonyl (C=O) groups is 2. The van der Waals surface area contributed by atoms with Gasteiger partial charge in [-0.25, -0.2) is 8.78 Å². The van der Waals surface area contributed by atoms with Gasteiger partial charge in [0.15, 0.2) is 0 Å². The van der Waals surface area contributed by atoms with E-state index in [2.05, 4.69) is 0 Å². The van der Waals surface area contributed by atoms with Crippen molar-refractivity contribution in [3.8, 4) is 0 Å². The van der Waals surface area contributed by atoms with Crippen LogP contribution in [0.2, 0.25) is 0 Å². The zero-order valence-electron chi connectivity index (χ0n) is 7.33. The van der Waals surface area contributed by atoms with Crippen LogP contribution in [0.1, 0.15) is 0 Å². The van der Waals surface area contributed by atoms with Gasteiger partial charge in [0, 0.05) is 13.1 Å². The van der Waals surface area contributed by atoms with Crippen LogP contribution >= 0.6 is 0 Å². The van der Waals surface area contributed by atoms with E-state index in [0.29, 0.717) is 0 Å². The lowest BCUT2D eigenvalue weighted by Gasteiger charge is -2.14. The van der Waals surface area contributed by atoms with Gasteiger partial charge < -0.3 is 4.90 Å². The number of carbonyl (C=O) groups excluding carboxylic acids is 2. The number of hydrogen-bond acceptors (Lipinski definition) is 2. The van der Waals surface area contributed by atoms with Crippen LogP contribution in [-0.2, 0) is 9.59 Å². The number of hydrogen-bond donors (Lipinski definition) is 0. The van der Waals surface area contributed by atoms with E-state index >= 15 is 0 Å². The van der Waals surface area contributed by atoms with Crippen LogP contribution in [0.4, 0.5) is 14.5 Å². The number of rotatable bonds is 2. The Morgan fingerprint density at radius 3 is 2.64 bits per heavy atom. The molecule has 5 heteroatoms. The maximum absolute atomic E-state index is 13.0. The van der Waals surface area contributed by atoms with Gasteiger partial charge in [0.2, 0.25) is 6.29 Å². The van der Waals surface area contributed by atoms with Crippen molar-refractivity contribution in [1.82, 2.24) is 0 Å². The maximum Gasteiger partial charge on any atom is 0.290 e. The number of aldehydes is 1. The Bertz CT molecular complexity index is 379. The molecule has 0 radical (unpaired) electrons. The molecule has 0 saturated heterocycles. The van der Waals surface area contributed by atoms with Crippen LogP contribution in [-0.4, -0.2) is 19.2 Å². The molecule has 0 fully saturated rings. The number of anilines is 1. The van der Waals surface area contributed by atoms with Crippen LogP contribution < -0.4 is 4.90 Å². The van der Waals surface area contributed by atoms with Crippen LogP contribution in [0, 0.1) is 11.6 Å². The third kappa shape index (κ3) is 1.93. The molecular formula is C9H7F2NO2. The zero-order valence-corrected chi connectivity index (χ0v) is 7.33. The largest absolute Gasteiger partial charge is 0.306 e. The smallest absolute Gasteiger partial charge is 0.290 e. The van der Waals surface area contributed by atoms with E-state index in [1.54, 1.807) is 0 Å².